The molecule has 0 radical (unpaired) electrons. The molecule has 0 saturated carbocycles. The zero-order valence-corrected chi connectivity index (χ0v) is 10.6. The lowest BCUT2D eigenvalue weighted by Gasteiger charge is -2.09. The van der Waals surface area contributed by atoms with Crippen molar-refractivity contribution in [1.82, 2.24) is 0 Å². The maximum Gasteiger partial charge on any atom is 0.158 e. The molecule has 2 nitrogen and oxygen atoms in total. The van der Waals surface area contributed by atoms with Crippen molar-refractivity contribution >= 4 is 23.4 Å². The van der Waals surface area contributed by atoms with E-state index in [1.54, 1.807) is 0 Å². The minimum absolute atomic E-state index is 0.00402. The van der Waals surface area contributed by atoms with Crippen LogP contribution >= 0.6 is 23.4 Å². The van der Waals surface area contributed by atoms with Gasteiger partial charge in [-0.3, -0.25) is 0 Å². The zero-order chi connectivity index (χ0) is 11.2. The lowest BCUT2D eigenvalue weighted by atomic mass is 10.2. The molecule has 2 rings (SSSR count). The van der Waals surface area contributed by atoms with Crippen molar-refractivity contribution in [2.45, 2.75) is 23.5 Å². The van der Waals surface area contributed by atoms with E-state index in [0.717, 1.165) is 25.4 Å². The Morgan fingerprint density at radius 1 is 1.25 bits per heavy atom. The maximum absolute atomic E-state index is 5.88. The fourth-order valence-corrected chi connectivity index (χ4v) is 2.94. The molecule has 1 aromatic carbocycles. The molecule has 0 bridgehead atoms. The number of alkyl halides is 1. The van der Waals surface area contributed by atoms with Gasteiger partial charge >= 0.3 is 0 Å². The van der Waals surface area contributed by atoms with Gasteiger partial charge in [0.05, 0.1) is 13.2 Å². The summed E-state index contributed by atoms with van der Waals surface area (Å²) in [5, 5.41) is 0. The summed E-state index contributed by atoms with van der Waals surface area (Å²) in [6.45, 7) is 1.46. The Balaban J connectivity index is 1.79. The number of ether oxygens (including phenoxy) is 2. The van der Waals surface area contributed by atoms with Crippen molar-refractivity contribution in [2.75, 3.05) is 19.0 Å². The highest BCUT2D eigenvalue weighted by Gasteiger charge is 2.15. The van der Waals surface area contributed by atoms with Crippen LogP contribution in [0.25, 0.3) is 0 Å². The number of hydrogen-bond donors (Lipinski definition) is 0. The number of benzene rings is 1. The SMILES string of the molecule is ClCc1ccccc1SCCC1OCCO1. The highest BCUT2D eigenvalue weighted by atomic mass is 35.5. The Labute approximate surface area is 105 Å². The van der Waals surface area contributed by atoms with Gasteiger partial charge in [0, 0.05) is 22.9 Å². The third-order valence-electron chi connectivity index (χ3n) is 2.42. The van der Waals surface area contributed by atoms with E-state index in [1.165, 1.54) is 10.5 Å². The van der Waals surface area contributed by atoms with E-state index in [0.29, 0.717) is 5.88 Å². The van der Waals surface area contributed by atoms with Gasteiger partial charge < -0.3 is 9.47 Å². The topological polar surface area (TPSA) is 18.5 Å². The molecule has 0 unspecified atom stereocenters. The summed E-state index contributed by atoms with van der Waals surface area (Å²) in [7, 11) is 0. The van der Waals surface area contributed by atoms with Crippen molar-refractivity contribution in [1.29, 1.82) is 0 Å². The molecule has 1 saturated heterocycles. The van der Waals surface area contributed by atoms with Gasteiger partial charge in [0.25, 0.3) is 0 Å². The molecular weight excluding hydrogens is 244 g/mol. The van der Waals surface area contributed by atoms with Crippen LogP contribution in [0.2, 0.25) is 0 Å². The molecule has 88 valence electrons. The minimum atomic E-state index is -0.00402. The predicted octanol–water partition coefficient (Wildman–Crippen LogP) is 3.28. The van der Waals surface area contributed by atoms with E-state index in [2.05, 4.69) is 12.1 Å². The predicted molar refractivity (Wildman–Crippen MR) is 67.0 cm³/mol. The number of hydrogen-bond acceptors (Lipinski definition) is 3. The second-order valence-electron chi connectivity index (χ2n) is 3.55. The number of halogens is 1. The quantitative estimate of drug-likeness (QED) is 0.597. The monoisotopic (exact) mass is 258 g/mol. The van der Waals surface area contributed by atoms with Gasteiger partial charge in [-0.1, -0.05) is 18.2 Å². The summed E-state index contributed by atoms with van der Waals surface area (Å²) in [6, 6.07) is 8.24. The first-order valence-corrected chi connectivity index (χ1v) is 6.92. The normalized spacial score (nSPS) is 16.8. The fraction of sp³-hybridized carbons (Fsp3) is 0.500. The Morgan fingerprint density at radius 2 is 2.00 bits per heavy atom. The largest absolute Gasteiger partial charge is 0.350 e. The van der Waals surface area contributed by atoms with E-state index < -0.39 is 0 Å². The van der Waals surface area contributed by atoms with Gasteiger partial charge in [0.2, 0.25) is 0 Å². The van der Waals surface area contributed by atoms with E-state index in [4.69, 9.17) is 21.1 Å². The van der Waals surface area contributed by atoms with Crippen molar-refractivity contribution < 1.29 is 9.47 Å². The first-order chi connectivity index (χ1) is 7.90. The smallest absolute Gasteiger partial charge is 0.158 e. The summed E-state index contributed by atoms with van der Waals surface area (Å²) in [4.78, 5) is 1.26. The summed E-state index contributed by atoms with van der Waals surface area (Å²) in [6.07, 6.45) is 0.928. The lowest BCUT2D eigenvalue weighted by molar-refractivity contribution is -0.0421. The Kier molecular flexibility index (Phi) is 4.97. The minimum Gasteiger partial charge on any atom is -0.350 e. The van der Waals surface area contributed by atoms with Crippen LogP contribution in [0.15, 0.2) is 29.2 Å². The summed E-state index contributed by atoms with van der Waals surface area (Å²) >= 11 is 7.69. The Morgan fingerprint density at radius 3 is 2.75 bits per heavy atom. The summed E-state index contributed by atoms with van der Waals surface area (Å²) < 4.78 is 10.8. The molecule has 0 spiro atoms. The average Bonchev–Trinajstić information content (AvgIpc) is 2.83. The molecule has 1 aliphatic rings. The number of thioether (sulfide) groups is 1. The molecule has 1 aliphatic heterocycles. The molecule has 0 atom stereocenters. The molecule has 0 N–H and O–H groups in total. The van der Waals surface area contributed by atoms with Gasteiger partial charge in [-0.15, -0.1) is 23.4 Å². The molecule has 0 aromatic heterocycles. The number of rotatable bonds is 5. The molecule has 4 heteroatoms. The Hall–Kier alpha value is -0.220. The molecule has 0 amide bonds. The second-order valence-corrected chi connectivity index (χ2v) is 4.95. The van der Waals surface area contributed by atoms with E-state index in [-0.39, 0.29) is 6.29 Å². The van der Waals surface area contributed by atoms with Gasteiger partial charge in [0.1, 0.15) is 0 Å². The van der Waals surface area contributed by atoms with E-state index in [9.17, 15) is 0 Å². The Bertz CT molecular complexity index is 327. The van der Waals surface area contributed by atoms with Gasteiger partial charge in [-0.05, 0) is 11.6 Å². The summed E-state index contributed by atoms with van der Waals surface area (Å²) in [5.41, 5.74) is 1.20. The van der Waals surface area contributed by atoms with Crippen LogP contribution < -0.4 is 0 Å². The van der Waals surface area contributed by atoms with Crippen molar-refractivity contribution in [2.24, 2.45) is 0 Å². The van der Waals surface area contributed by atoms with Crippen LogP contribution in [-0.2, 0) is 15.4 Å². The lowest BCUT2D eigenvalue weighted by Crippen LogP contribution is -2.08. The van der Waals surface area contributed by atoms with Crippen molar-refractivity contribution in [3.63, 3.8) is 0 Å². The molecule has 1 aromatic rings. The van der Waals surface area contributed by atoms with E-state index >= 15 is 0 Å². The summed E-state index contributed by atoms with van der Waals surface area (Å²) in [5.74, 6) is 1.57. The van der Waals surface area contributed by atoms with Crippen LogP contribution in [0, 0.1) is 0 Å². The average molecular weight is 259 g/mol. The van der Waals surface area contributed by atoms with Crippen LogP contribution in [-0.4, -0.2) is 25.3 Å². The van der Waals surface area contributed by atoms with Crippen molar-refractivity contribution in [3.05, 3.63) is 29.8 Å². The molecule has 0 aliphatic carbocycles. The van der Waals surface area contributed by atoms with Crippen LogP contribution in [0.4, 0.5) is 0 Å². The van der Waals surface area contributed by atoms with E-state index in [1.807, 2.05) is 23.9 Å². The molecule has 1 heterocycles. The third-order valence-corrected chi connectivity index (χ3v) is 3.86. The van der Waals surface area contributed by atoms with Crippen LogP contribution in [0.5, 0.6) is 0 Å². The standard InChI is InChI=1S/C12H15ClO2S/c13-9-10-3-1-2-4-11(10)16-8-5-12-14-6-7-15-12/h1-4,12H,5-9H2. The third kappa shape index (κ3) is 3.39. The van der Waals surface area contributed by atoms with Crippen LogP contribution in [0.1, 0.15) is 12.0 Å². The fourth-order valence-electron chi connectivity index (χ4n) is 1.59. The van der Waals surface area contributed by atoms with Crippen LogP contribution in [0.3, 0.4) is 0 Å². The van der Waals surface area contributed by atoms with Gasteiger partial charge in [-0.2, -0.15) is 0 Å². The zero-order valence-electron chi connectivity index (χ0n) is 9.02. The molecule has 1 fully saturated rings. The van der Waals surface area contributed by atoms with Gasteiger partial charge in [-0.25, -0.2) is 0 Å². The first kappa shape index (κ1) is 12.2. The maximum atomic E-state index is 5.88. The highest BCUT2D eigenvalue weighted by Crippen LogP contribution is 2.25. The first-order valence-electron chi connectivity index (χ1n) is 5.40. The molecular formula is C12H15ClO2S. The van der Waals surface area contributed by atoms with Gasteiger partial charge in [0.15, 0.2) is 6.29 Å². The van der Waals surface area contributed by atoms with Crippen molar-refractivity contribution in [3.8, 4) is 0 Å². The second kappa shape index (κ2) is 6.50. The molecule has 16 heavy (non-hydrogen) atoms. The highest BCUT2D eigenvalue weighted by molar-refractivity contribution is 7.99.